The summed E-state index contributed by atoms with van der Waals surface area (Å²) in [6, 6.07) is 10.2. The Kier molecular flexibility index (Phi) is 3.86. The van der Waals surface area contributed by atoms with E-state index in [1.165, 1.54) is 5.56 Å². The van der Waals surface area contributed by atoms with E-state index in [-0.39, 0.29) is 0 Å². The second kappa shape index (κ2) is 5.18. The van der Waals surface area contributed by atoms with Gasteiger partial charge in [-0.05, 0) is 24.1 Å². The SMILES string of the molecule is C=C/C(=C\C(C)=NC)c1ccccc1. The molecule has 1 rings (SSSR count). The van der Waals surface area contributed by atoms with E-state index in [2.05, 4.69) is 23.7 Å². The molecule has 1 heteroatoms. The van der Waals surface area contributed by atoms with Crippen molar-refractivity contribution in [1.82, 2.24) is 0 Å². The summed E-state index contributed by atoms with van der Waals surface area (Å²) in [5.41, 5.74) is 3.28. The number of aliphatic imine (C=N–C) groups is 1. The quantitative estimate of drug-likeness (QED) is 0.506. The number of nitrogens with zero attached hydrogens (tertiary/aromatic N) is 1. The lowest BCUT2D eigenvalue weighted by Crippen LogP contribution is -1.87. The summed E-state index contributed by atoms with van der Waals surface area (Å²) < 4.78 is 0. The van der Waals surface area contributed by atoms with Crippen LogP contribution in [0.15, 0.2) is 54.1 Å². The van der Waals surface area contributed by atoms with E-state index in [4.69, 9.17) is 0 Å². The van der Waals surface area contributed by atoms with Gasteiger partial charge in [-0.25, -0.2) is 0 Å². The van der Waals surface area contributed by atoms with Crippen LogP contribution in [0.3, 0.4) is 0 Å². The Hall–Kier alpha value is -1.63. The Morgan fingerprint density at radius 2 is 1.93 bits per heavy atom. The first-order valence-corrected chi connectivity index (χ1v) is 4.61. The molecule has 0 fully saturated rings. The molecule has 0 aromatic heterocycles. The second-order valence-corrected chi connectivity index (χ2v) is 3.03. The van der Waals surface area contributed by atoms with Gasteiger partial charge >= 0.3 is 0 Å². The minimum atomic E-state index is 1.00. The largest absolute Gasteiger partial charge is 0.293 e. The summed E-state index contributed by atoms with van der Waals surface area (Å²) in [4.78, 5) is 4.09. The molecule has 0 bridgehead atoms. The van der Waals surface area contributed by atoms with E-state index < -0.39 is 0 Å². The van der Waals surface area contributed by atoms with Crippen LogP contribution in [0.5, 0.6) is 0 Å². The van der Waals surface area contributed by atoms with E-state index in [1.54, 1.807) is 7.05 Å². The molecular formula is C13H15N. The topological polar surface area (TPSA) is 12.4 Å². The predicted octanol–water partition coefficient (Wildman–Crippen LogP) is 3.35. The van der Waals surface area contributed by atoms with Crippen LogP contribution in [0, 0.1) is 0 Å². The monoisotopic (exact) mass is 185 g/mol. The van der Waals surface area contributed by atoms with Gasteiger partial charge in [-0.1, -0.05) is 43.0 Å². The van der Waals surface area contributed by atoms with Gasteiger partial charge in [-0.2, -0.15) is 0 Å². The molecule has 14 heavy (non-hydrogen) atoms. The minimum Gasteiger partial charge on any atom is -0.293 e. The number of allylic oxidation sites excluding steroid dienone is 3. The van der Waals surface area contributed by atoms with Gasteiger partial charge < -0.3 is 0 Å². The molecule has 0 aliphatic heterocycles. The van der Waals surface area contributed by atoms with Crippen LogP contribution in [0.4, 0.5) is 0 Å². The van der Waals surface area contributed by atoms with E-state index in [0.717, 1.165) is 11.3 Å². The highest BCUT2D eigenvalue weighted by Gasteiger charge is 1.95. The van der Waals surface area contributed by atoms with Crippen molar-refractivity contribution < 1.29 is 0 Å². The molecule has 0 radical (unpaired) electrons. The zero-order chi connectivity index (χ0) is 10.4. The third kappa shape index (κ3) is 2.70. The lowest BCUT2D eigenvalue weighted by Gasteiger charge is -2.01. The van der Waals surface area contributed by atoms with Crippen molar-refractivity contribution in [2.75, 3.05) is 7.05 Å². The van der Waals surface area contributed by atoms with E-state index in [1.807, 2.05) is 37.3 Å². The number of benzene rings is 1. The maximum absolute atomic E-state index is 4.09. The smallest absolute Gasteiger partial charge is 0.0320 e. The van der Waals surface area contributed by atoms with Gasteiger partial charge in [0.05, 0.1) is 0 Å². The summed E-state index contributed by atoms with van der Waals surface area (Å²) in [5, 5.41) is 0. The van der Waals surface area contributed by atoms with Crippen LogP contribution in [0.2, 0.25) is 0 Å². The average Bonchev–Trinajstić information content (AvgIpc) is 2.26. The van der Waals surface area contributed by atoms with Crippen LogP contribution >= 0.6 is 0 Å². The van der Waals surface area contributed by atoms with E-state index >= 15 is 0 Å². The van der Waals surface area contributed by atoms with Crippen molar-refractivity contribution in [3.63, 3.8) is 0 Å². The van der Waals surface area contributed by atoms with Crippen LogP contribution in [0.1, 0.15) is 12.5 Å². The molecule has 0 heterocycles. The Morgan fingerprint density at radius 1 is 1.29 bits per heavy atom. The molecule has 0 unspecified atom stereocenters. The summed E-state index contributed by atoms with van der Waals surface area (Å²) in [5.74, 6) is 0. The summed E-state index contributed by atoms with van der Waals surface area (Å²) in [6.45, 7) is 5.78. The minimum absolute atomic E-state index is 1.00. The molecule has 0 N–H and O–H groups in total. The van der Waals surface area contributed by atoms with Gasteiger partial charge in [0.1, 0.15) is 0 Å². The zero-order valence-corrected chi connectivity index (χ0v) is 8.70. The first-order chi connectivity index (χ1) is 6.77. The van der Waals surface area contributed by atoms with Gasteiger partial charge in [-0.3, -0.25) is 4.99 Å². The van der Waals surface area contributed by atoms with Crippen molar-refractivity contribution >= 4 is 11.3 Å². The van der Waals surface area contributed by atoms with Crippen LogP contribution in [-0.2, 0) is 0 Å². The van der Waals surface area contributed by atoms with Crippen LogP contribution < -0.4 is 0 Å². The van der Waals surface area contributed by atoms with Gasteiger partial charge in [0.2, 0.25) is 0 Å². The molecular weight excluding hydrogens is 170 g/mol. The zero-order valence-electron chi connectivity index (χ0n) is 8.70. The lowest BCUT2D eigenvalue weighted by molar-refractivity contribution is 1.43. The number of hydrogen-bond acceptors (Lipinski definition) is 1. The van der Waals surface area contributed by atoms with Crippen molar-refractivity contribution in [2.24, 2.45) is 4.99 Å². The fourth-order valence-electron chi connectivity index (χ4n) is 1.18. The first-order valence-electron chi connectivity index (χ1n) is 4.61. The third-order valence-corrected chi connectivity index (χ3v) is 2.04. The fourth-order valence-corrected chi connectivity index (χ4v) is 1.18. The molecule has 0 aliphatic carbocycles. The van der Waals surface area contributed by atoms with Gasteiger partial charge in [0.15, 0.2) is 0 Å². The van der Waals surface area contributed by atoms with Gasteiger partial charge in [-0.15, -0.1) is 0 Å². The summed E-state index contributed by atoms with van der Waals surface area (Å²) >= 11 is 0. The molecule has 0 saturated carbocycles. The van der Waals surface area contributed by atoms with E-state index in [0.29, 0.717) is 0 Å². The standard InChI is InChI=1S/C13H15N/c1-4-12(10-11(2)14-3)13-8-6-5-7-9-13/h4-10H,1H2,2-3H3/b12-10+,14-11?. The van der Waals surface area contributed by atoms with Crippen LogP contribution in [-0.4, -0.2) is 12.8 Å². The highest BCUT2D eigenvalue weighted by molar-refractivity contribution is 6.00. The molecule has 0 aliphatic rings. The molecule has 1 nitrogen and oxygen atoms in total. The average molecular weight is 185 g/mol. The van der Waals surface area contributed by atoms with E-state index in [9.17, 15) is 0 Å². The first kappa shape index (κ1) is 10.5. The summed E-state index contributed by atoms with van der Waals surface area (Å²) in [6.07, 6.45) is 3.88. The van der Waals surface area contributed by atoms with Crippen molar-refractivity contribution in [2.45, 2.75) is 6.92 Å². The summed E-state index contributed by atoms with van der Waals surface area (Å²) in [7, 11) is 1.79. The molecule has 0 atom stereocenters. The highest BCUT2D eigenvalue weighted by Crippen LogP contribution is 2.14. The third-order valence-electron chi connectivity index (χ3n) is 2.04. The Labute approximate surface area is 85.5 Å². The molecule has 0 spiro atoms. The maximum Gasteiger partial charge on any atom is 0.0320 e. The van der Waals surface area contributed by atoms with Gasteiger partial charge in [0.25, 0.3) is 0 Å². The Morgan fingerprint density at radius 3 is 2.43 bits per heavy atom. The van der Waals surface area contributed by atoms with Crippen molar-refractivity contribution in [3.8, 4) is 0 Å². The molecule has 1 aromatic rings. The molecule has 0 saturated heterocycles. The second-order valence-electron chi connectivity index (χ2n) is 3.03. The molecule has 0 amide bonds. The predicted molar refractivity (Wildman–Crippen MR) is 63.6 cm³/mol. The lowest BCUT2D eigenvalue weighted by atomic mass is 10.0. The number of rotatable bonds is 3. The Bertz CT molecular complexity index is 358. The van der Waals surface area contributed by atoms with Crippen molar-refractivity contribution in [3.05, 3.63) is 54.6 Å². The maximum atomic E-state index is 4.09. The number of hydrogen-bond donors (Lipinski definition) is 0. The molecule has 72 valence electrons. The highest BCUT2D eigenvalue weighted by atomic mass is 14.7. The normalized spacial score (nSPS) is 12.7. The fraction of sp³-hybridized carbons (Fsp3) is 0.154. The van der Waals surface area contributed by atoms with Crippen molar-refractivity contribution in [1.29, 1.82) is 0 Å². The van der Waals surface area contributed by atoms with Gasteiger partial charge in [0, 0.05) is 12.8 Å². The van der Waals surface area contributed by atoms with Crippen LogP contribution in [0.25, 0.3) is 5.57 Å². The Balaban J connectivity index is 3.05. The molecule has 1 aromatic carbocycles.